The predicted octanol–water partition coefficient (Wildman–Crippen LogP) is -6.21. The summed E-state index contributed by atoms with van der Waals surface area (Å²) in [7, 11) is 0. The van der Waals surface area contributed by atoms with Crippen molar-refractivity contribution < 1.29 is 53.7 Å². The van der Waals surface area contributed by atoms with Gasteiger partial charge in [-0.2, -0.15) is 0 Å². The first kappa shape index (κ1) is 44.9. The monoisotopic (exact) mass is 743 g/mol. The van der Waals surface area contributed by atoms with Gasteiger partial charge >= 0.3 is 5.97 Å². The van der Waals surface area contributed by atoms with Gasteiger partial charge in [0.25, 0.3) is 0 Å². The Bertz CT molecular complexity index is 1340. The van der Waals surface area contributed by atoms with Gasteiger partial charge < -0.3 is 69.7 Å². The van der Waals surface area contributed by atoms with Gasteiger partial charge in [0.05, 0.1) is 19.1 Å². The van der Waals surface area contributed by atoms with Gasteiger partial charge in [0.1, 0.15) is 42.3 Å². The van der Waals surface area contributed by atoms with Gasteiger partial charge in [-0.05, 0) is 45.4 Å². The third-order valence-corrected chi connectivity index (χ3v) is 8.01. The number of amides is 7. The lowest BCUT2D eigenvalue weighted by molar-refractivity contribution is -0.149. The van der Waals surface area contributed by atoms with E-state index in [0.29, 0.717) is 6.42 Å². The van der Waals surface area contributed by atoms with E-state index in [9.17, 15) is 48.6 Å². The Morgan fingerprint density at radius 3 is 1.88 bits per heavy atom. The molecule has 7 amide bonds. The number of carboxylic acid groups (broad SMARTS) is 1. The molecule has 0 spiro atoms. The van der Waals surface area contributed by atoms with E-state index < -0.39 is 115 Å². The topological polar surface area (TPSA) is 377 Å². The number of guanidine groups is 1. The highest BCUT2D eigenvalue weighted by atomic mass is 16.4. The first-order chi connectivity index (χ1) is 24.2. The summed E-state index contributed by atoms with van der Waals surface area (Å²) in [4.78, 5) is 107. The summed E-state index contributed by atoms with van der Waals surface area (Å²) in [5.74, 6) is -8.44. The smallest absolute Gasteiger partial charge is 0.326 e. The number of primary amides is 1. The van der Waals surface area contributed by atoms with E-state index in [2.05, 4.69) is 31.6 Å². The molecule has 0 aliphatic carbocycles. The van der Waals surface area contributed by atoms with Gasteiger partial charge in [-0.3, -0.25) is 38.6 Å². The molecule has 1 aliphatic heterocycles. The van der Waals surface area contributed by atoms with Crippen LogP contribution < -0.4 is 49.5 Å². The molecule has 0 radical (unpaired) electrons. The lowest BCUT2D eigenvalue weighted by Crippen LogP contribution is -2.62. The Morgan fingerprint density at radius 1 is 0.808 bits per heavy atom. The van der Waals surface area contributed by atoms with E-state index >= 15 is 0 Å². The second-order valence-electron chi connectivity index (χ2n) is 12.7. The number of hydrogen-bond acceptors (Lipinski definition) is 12. The van der Waals surface area contributed by atoms with Crippen LogP contribution in [-0.4, -0.2) is 142 Å². The Hall–Kier alpha value is -5.09. The largest absolute Gasteiger partial charge is 0.480 e. The van der Waals surface area contributed by atoms with Crippen molar-refractivity contribution in [2.45, 2.75) is 108 Å². The van der Waals surface area contributed by atoms with E-state index in [-0.39, 0.29) is 38.3 Å². The Labute approximate surface area is 300 Å². The molecule has 22 heteroatoms. The third kappa shape index (κ3) is 14.3. The maximum absolute atomic E-state index is 13.6. The third-order valence-electron chi connectivity index (χ3n) is 8.01. The molecule has 1 saturated heterocycles. The highest BCUT2D eigenvalue weighted by Gasteiger charge is 2.38. The van der Waals surface area contributed by atoms with Crippen molar-refractivity contribution in [3.05, 3.63) is 0 Å². The van der Waals surface area contributed by atoms with Crippen molar-refractivity contribution in [1.29, 1.82) is 0 Å². The van der Waals surface area contributed by atoms with Crippen molar-refractivity contribution in [3.63, 3.8) is 0 Å². The van der Waals surface area contributed by atoms with Crippen molar-refractivity contribution in [2.75, 3.05) is 19.7 Å². The predicted molar refractivity (Wildman–Crippen MR) is 183 cm³/mol. The molecule has 1 heterocycles. The van der Waals surface area contributed by atoms with Crippen LogP contribution in [0.2, 0.25) is 0 Å². The van der Waals surface area contributed by atoms with Crippen LogP contribution in [-0.2, 0) is 38.4 Å². The number of aliphatic hydroxyl groups is 2. The number of hydrogen-bond donors (Lipinski definition) is 12. The normalized spacial score (nSPS) is 18.0. The van der Waals surface area contributed by atoms with Gasteiger partial charge in [0.2, 0.25) is 41.4 Å². The maximum atomic E-state index is 13.6. The summed E-state index contributed by atoms with van der Waals surface area (Å²) < 4.78 is 0. The zero-order valence-electron chi connectivity index (χ0n) is 29.7. The molecule has 22 nitrogen and oxygen atoms in total. The van der Waals surface area contributed by atoms with E-state index in [1.807, 2.05) is 0 Å². The fraction of sp³-hybridized carbons (Fsp3) is 0.700. The molecule has 1 fully saturated rings. The number of carbonyl (C=O) groups is 8. The SMILES string of the molecule is CC(C)[C@@H](NC(=O)[C@@H](CCCN=C(N)N)NC(=O)[C@H](NC(=O)[C@@H](CC(N)=O)NC(=O)[C@H](N)CO)[C@@H](C)O)C(=O)N[C@H](C)C(=O)N1CCC[C@@H]1C(=O)O. The number of nitrogens with two attached hydrogens (primary N) is 4. The molecule has 8 atom stereocenters. The van der Waals surface area contributed by atoms with Crippen LogP contribution in [0.5, 0.6) is 0 Å². The molecule has 1 aliphatic rings. The van der Waals surface area contributed by atoms with Crippen molar-refractivity contribution in [3.8, 4) is 0 Å². The summed E-state index contributed by atoms with van der Waals surface area (Å²) in [6.07, 6.45) is -1.56. The summed E-state index contributed by atoms with van der Waals surface area (Å²) in [6, 6.07) is -9.68. The van der Waals surface area contributed by atoms with Crippen LogP contribution in [0.25, 0.3) is 0 Å². The summed E-state index contributed by atoms with van der Waals surface area (Å²) >= 11 is 0. The van der Waals surface area contributed by atoms with Crippen molar-refractivity contribution in [1.82, 2.24) is 31.5 Å². The molecular weight excluding hydrogens is 690 g/mol. The molecule has 0 aromatic heterocycles. The van der Waals surface area contributed by atoms with Crippen molar-refractivity contribution >= 4 is 53.3 Å². The van der Waals surface area contributed by atoms with E-state index in [0.717, 1.165) is 6.92 Å². The molecular formula is C30H53N11O11. The fourth-order valence-corrected chi connectivity index (χ4v) is 5.15. The second-order valence-corrected chi connectivity index (χ2v) is 12.7. The van der Waals surface area contributed by atoms with Crippen LogP contribution in [0.3, 0.4) is 0 Å². The Balaban J connectivity index is 3.21. The number of nitrogens with zero attached hydrogens (tertiary/aromatic N) is 2. The number of likely N-dealkylation sites (tertiary alicyclic amines) is 1. The fourth-order valence-electron chi connectivity index (χ4n) is 5.15. The minimum absolute atomic E-state index is 0.0323. The number of aliphatic imine (C=N–C) groups is 1. The number of rotatable bonds is 21. The van der Waals surface area contributed by atoms with Gasteiger partial charge in [-0.15, -0.1) is 0 Å². The average molecular weight is 744 g/mol. The zero-order chi connectivity index (χ0) is 39.9. The van der Waals surface area contributed by atoms with Crippen LogP contribution in [0, 0.1) is 5.92 Å². The van der Waals surface area contributed by atoms with Crippen LogP contribution in [0.1, 0.15) is 59.8 Å². The standard InChI is InChI=1S/C30H53N11O11/c1-13(2)21(26(48)36-14(3)28(50)41-10-6-8-19(41)29(51)52)39-24(46)17(7-5-9-35-30(33)34)37-27(49)22(15(4)43)40-25(47)18(11-20(32)44)38-23(45)16(31)12-42/h13-19,21-22,42-43H,5-12,31H2,1-4H3,(H2,32,44)(H,36,48)(H,37,49)(H,38,45)(H,39,46)(H,40,47)(H,51,52)(H4,33,34,35)/t14-,15-,16-,17-,18-,19-,21-,22-/m1/s1. The molecule has 0 bridgehead atoms. The molecule has 1 rings (SSSR count). The average Bonchev–Trinajstić information content (AvgIpc) is 3.55. The first-order valence-electron chi connectivity index (χ1n) is 16.6. The molecule has 0 unspecified atom stereocenters. The van der Waals surface area contributed by atoms with Crippen LogP contribution in [0.4, 0.5) is 0 Å². The van der Waals surface area contributed by atoms with E-state index in [1.165, 1.54) is 11.8 Å². The first-order valence-corrected chi connectivity index (χ1v) is 16.6. The molecule has 0 aromatic rings. The lowest BCUT2D eigenvalue weighted by atomic mass is 10.0. The van der Waals surface area contributed by atoms with Gasteiger partial charge in [0.15, 0.2) is 5.96 Å². The summed E-state index contributed by atoms with van der Waals surface area (Å²) in [5, 5.41) is 40.8. The molecule has 0 aromatic carbocycles. The molecule has 16 N–H and O–H groups in total. The van der Waals surface area contributed by atoms with E-state index in [4.69, 9.17) is 28.0 Å². The zero-order valence-corrected chi connectivity index (χ0v) is 29.7. The molecule has 294 valence electrons. The Morgan fingerprint density at radius 2 is 1.37 bits per heavy atom. The van der Waals surface area contributed by atoms with Gasteiger partial charge in [-0.25, -0.2) is 4.79 Å². The Kier molecular flexibility index (Phi) is 18.4. The maximum Gasteiger partial charge on any atom is 0.326 e. The quantitative estimate of drug-likeness (QED) is 0.0296. The highest BCUT2D eigenvalue weighted by Crippen LogP contribution is 2.18. The van der Waals surface area contributed by atoms with E-state index in [1.54, 1.807) is 13.8 Å². The number of nitrogens with one attached hydrogen (secondary N) is 5. The molecule has 52 heavy (non-hydrogen) atoms. The number of carboxylic acids is 1. The van der Waals surface area contributed by atoms with Crippen molar-refractivity contribution in [2.24, 2.45) is 33.8 Å². The number of aliphatic carboxylic acids is 1. The van der Waals surface area contributed by atoms with Crippen LogP contribution >= 0.6 is 0 Å². The highest BCUT2D eigenvalue weighted by molar-refractivity contribution is 5.98. The number of carbonyl (C=O) groups excluding carboxylic acids is 7. The number of aliphatic hydroxyl groups excluding tert-OH is 2. The summed E-state index contributed by atoms with van der Waals surface area (Å²) in [5.41, 5.74) is 21.4. The van der Waals surface area contributed by atoms with Gasteiger partial charge in [-0.1, -0.05) is 13.8 Å². The minimum Gasteiger partial charge on any atom is -0.480 e. The lowest BCUT2D eigenvalue weighted by Gasteiger charge is -2.29. The minimum atomic E-state index is -1.75. The molecule has 0 saturated carbocycles. The van der Waals surface area contributed by atoms with Gasteiger partial charge in [0, 0.05) is 13.1 Å². The van der Waals surface area contributed by atoms with Crippen LogP contribution in [0.15, 0.2) is 4.99 Å². The second kappa shape index (κ2) is 21.3. The summed E-state index contributed by atoms with van der Waals surface area (Å²) in [6.45, 7) is 5.19.